The number of hydrogen-bond acceptors (Lipinski definition) is 6. The number of carbonyl (C=O) groups is 1. The van der Waals surface area contributed by atoms with Crippen LogP contribution in [0.3, 0.4) is 0 Å². The average Bonchev–Trinajstić information content (AvgIpc) is 2.37. The second kappa shape index (κ2) is 5.85. The first-order chi connectivity index (χ1) is 8.54. The molecule has 0 amide bonds. The Bertz CT molecular complexity index is 471. The first-order valence-corrected chi connectivity index (χ1v) is 5.12. The van der Waals surface area contributed by atoms with E-state index in [1.807, 2.05) is 0 Å². The van der Waals surface area contributed by atoms with Gasteiger partial charge in [-0.25, -0.2) is 4.79 Å². The number of esters is 1. The van der Waals surface area contributed by atoms with Crippen LogP contribution in [-0.2, 0) is 4.74 Å². The number of methoxy groups -OCH3 is 2. The van der Waals surface area contributed by atoms with Crippen LogP contribution in [0.25, 0.3) is 0 Å². The molecule has 0 saturated heterocycles. The lowest BCUT2D eigenvalue weighted by molar-refractivity contribution is -0.385. The SMILES string of the molecule is CCOc1cc([N+](=O)[O-])c(C(=O)OC)cc1OC. The van der Waals surface area contributed by atoms with Gasteiger partial charge in [-0.3, -0.25) is 10.1 Å². The van der Waals surface area contributed by atoms with Gasteiger partial charge in [0.05, 0.1) is 31.8 Å². The summed E-state index contributed by atoms with van der Waals surface area (Å²) >= 11 is 0. The lowest BCUT2D eigenvalue weighted by atomic mass is 10.1. The predicted octanol–water partition coefficient (Wildman–Crippen LogP) is 1.79. The lowest BCUT2D eigenvalue weighted by Crippen LogP contribution is -2.07. The molecule has 0 bridgehead atoms. The third-order valence-electron chi connectivity index (χ3n) is 2.18. The van der Waals surface area contributed by atoms with Gasteiger partial charge in [-0.05, 0) is 6.92 Å². The Morgan fingerprint density at radius 2 is 2.00 bits per heavy atom. The summed E-state index contributed by atoms with van der Waals surface area (Å²) in [6, 6.07) is 2.38. The Balaban J connectivity index is 3.41. The minimum absolute atomic E-state index is 0.178. The van der Waals surface area contributed by atoms with Crippen molar-refractivity contribution in [1.82, 2.24) is 0 Å². The molecule has 0 aliphatic rings. The fourth-order valence-electron chi connectivity index (χ4n) is 1.40. The van der Waals surface area contributed by atoms with Gasteiger partial charge in [-0.2, -0.15) is 0 Å². The maximum absolute atomic E-state index is 11.5. The predicted molar refractivity (Wildman–Crippen MR) is 62.2 cm³/mol. The summed E-state index contributed by atoms with van der Waals surface area (Å²) in [7, 11) is 2.53. The molecule has 0 aliphatic carbocycles. The lowest BCUT2D eigenvalue weighted by Gasteiger charge is -2.10. The highest BCUT2D eigenvalue weighted by Crippen LogP contribution is 2.34. The zero-order valence-corrected chi connectivity index (χ0v) is 10.3. The van der Waals surface area contributed by atoms with Crippen LogP contribution in [0.2, 0.25) is 0 Å². The van der Waals surface area contributed by atoms with Crippen LogP contribution >= 0.6 is 0 Å². The van der Waals surface area contributed by atoms with Crippen LogP contribution < -0.4 is 9.47 Å². The van der Waals surface area contributed by atoms with Gasteiger partial charge in [0.15, 0.2) is 11.5 Å². The zero-order chi connectivity index (χ0) is 13.7. The number of rotatable bonds is 5. The summed E-state index contributed by atoms with van der Waals surface area (Å²) in [5.74, 6) is -0.356. The Hall–Kier alpha value is -2.31. The number of nitro benzene ring substituents is 1. The highest BCUT2D eigenvalue weighted by molar-refractivity contribution is 5.94. The van der Waals surface area contributed by atoms with E-state index >= 15 is 0 Å². The summed E-state index contributed by atoms with van der Waals surface area (Å²) in [6.07, 6.45) is 0. The van der Waals surface area contributed by atoms with Crippen molar-refractivity contribution in [2.45, 2.75) is 6.92 Å². The highest BCUT2D eigenvalue weighted by atomic mass is 16.6. The van der Waals surface area contributed by atoms with Crippen LogP contribution in [0.1, 0.15) is 17.3 Å². The molecule has 7 heteroatoms. The largest absolute Gasteiger partial charge is 0.493 e. The Morgan fingerprint density at radius 1 is 1.33 bits per heavy atom. The molecule has 0 unspecified atom stereocenters. The van der Waals surface area contributed by atoms with Crippen molar-refractivity contribution in [2.75, 3.05) is 20.8 Å². The molecule has 0 spiro atoms. The van der Waals surface area contributed by atoms with E-state index in [1.54, 1.807) is 6.92 Å². The first-order valence-electron chi connectivity index (χ1n) is 5.12. The van der Waals surface area contributed by atoms with Crippen molar-refractivity contribution in [3.05, 3.63) is 27.8 Å². The van der Waals surface area contributed by atoms with E-state index in [-0.39, 0.29) is 22.7 Å². The smallest absolute Gasteiger partial charge is 0.345 e. The topological polar surface area (TPSA) is 87.9 Å². The second-order valence-corrected chi connectivity index (χ2v) is 3.20. The number of nitro groups is 1. The number of carbonyl (C=O) groups excluding carboxylic acids is 1. The van der Waals surface area contributed by atoms with Gasteiger partial charge >= 0.3 is 5.97 Å². The molecule has 1 rings (SSSR count). The third kappa shape index (κ3) is 2.68. The number of hydrogen-bond donors (Lipinski definition) is 0. The monoisotopic (exact) mass is 255 g/mol. The Kier molecular flexibility index (Phi) is 4.47. The van der Waals surface area contributed by atoms with Gasteiger partial charge < -0.3 is 14.2 Å². The van der Waals surface area contributed by atoms with E-state index in [2.05, 4.69) is 4.74 Å². The normalized spacial score (nSPS) is 9.72. The molecular formula is C11H13NO6. The van der Waals surface area contributed by atoms with Gasteiger partial charge in [-0.1, -0.05) is 0 Å². The van der Waals surface area contributed by atoms with Gasteiger partial charge in [0.25, 0.3) is 5.69 Å². The van der Waals surface area contributed by atoms with Gasteiger partial charge in [0.2, 0.25) is 0 Å². The number of nitrogens with zero attached hydrogens (tertiary/aromatic N) is 1. The van der Waals surface area contributed by atoms with Crippen molar-refractivity contribution in [1.29, 1.82) is 0 Å². The van der Waals surface area contributed by atoms with E-state index in [0.29, 0.717) is 6.61 Å². The van der Waals surface area contributed by atoms with Crippen molar-refractivity contribution in [3.8, 4) is 11.5 Å². The van der Waals surface area contributed by atoms with Gasteiger partial charge in [0, 0.05) is 6.07 Å². The molecular weight excluding hydrogens is 242 g/mol. The Morgan fingerprint density at radius 3 is 2.44 bits per heavy atom. The maximum atomic E-state index is 11.5. The first kappa shape index (κ1) is 13.8. The second-order valence-electron chi connectivity index (χ2n) is 3.20. The Labute approximate surface area is 103 Å². The molecule has 0 atom stereocenters. The van der Waals surface area contributed by atoms with Crippen LogP contribution in [-0.4, -0.2) is 31.7 Å². The van der Waals surface area contributed by atoms with Gasteiger partial charge in [0.1, 0.15) is 5.56 Å². The summed E-state index contributed by atoms with van der Waals surface area (Å²) in [5, 5.41) is 10.9. The summed E-state index contributed by atoms with van der Waals surface area (Å²) in [6.45, 7) is 2.06. The van der Waals surface area contributed by atoms with Crippen molar-refractivity contribution >= 4 is 11.7 Å². The average molecular weight is 255 g/mol. The molecule has 7 nitrogen and oxygen atoms in total. The molecule has 0 N–H and O–H groups in total. The minimum atomic E-state index is -0.803. The summed E-state index contributed by atoms with van der Waals surface area (Å²) in [4.78, 5) is 21.7. The van der Waals surface area contributed by atoms with Crippen LogP contribution in [0.4, 0.5) is 5.69 Å². The van der Waals surface area contributed by atoms with E-state index in [9.17, 15) is 14.9 Å². The molecule has 98 valence electrons. The fourth-order valence-corrected chi connectivity index (χ4v) is 1.40. The molecule has 0 aromatic heterocycles. The number of ether oxygens (including phenoxy) is 3. The van der Waals surface area contributed by atoms with E-state index in [1.165, 1.54) is 13.2 Å². The molecule has 0 heterocycles. The van der Waals surface area contributed by atoms with Crippen LogP contribution in [0.5, 0.6) is 11.5 Å². The molecule has 0 saturated carbocycles. The maximum Gasteiger partial charge on any atom is 0.345 e. The fraction of sp³-hybridized carbons (Fsp3) is 0.364. The quantitative estimate of drug-likeness (QED) is 0.452. The number of benzene rings is 1. The zero-order valence-electron chi connectivity index (χ0n) is 10.3. The minimum Gasteiger partial charge on any atom is -0.493 e. The van der Waals surface area contributed by atoms with Crippen molar-refractivity contribution in [3.63, 3.8) is 0 Å². The van der Waals surface area contributed by atoms with E-state index in [4.69, 9.17) is 9.47 Å². The van der Waals surface area contributed by atoms with Crippen LogP contribution in [0.15, 0.2) is 12.1 Å². The van der Waals surface area contributed by atoms with E-state index in [0.717, 1.165) is 13.2 Å². The molecule has 0 fully saturated rings. The molecule has 1 aromatic rings. The standard InChI is InChI=1S/C11H13NO6/c1-4-18-10-6-8(12(14)15)7(11(13)17-3)5-9(10)16-2/h5-6H,4H2,1-3H3. The molecule has 1 aromatic carbocycles. The van der Waals surface area contributed by atoms with Crippen LogP contribution in [0, 0.1) is 10.1 Å². The van der Waals surface area contributed by atoms with Gasteiger partial charge in [-0.15, -0.1) is 0 Å². The summed E-state index contributed by atoms with van der Waals surface area (Å²) < 4.78 is 14.7. The highest BCUT2D eigenvalue weighted by Gasteiger charge is 2.25. The summed E-state index contributed by atoms with van der Waals surface area (Å²) in [5.41, 5.74) is -0.561. The molecule has 18 heavy (non-hydrogen) atoms. The van der Waals surface area contributed by atoms with Crippen molar-refractivity contribution < 1.29 is 23.9 Å². The van der Waals surface area contributed by atoms with Crippen molar-refractivity contribution in [2.24, 2.45) is 0 Å². The third-order valence-corrected chi connectivity index (χ3v) is 2.18. The molecule has 0 radical (unpaired) electrons. The van der Waals surface area contributed by atoms with E-state index < -0.39 is 10.9 Å². The molecule has 0 aliphatic heterocycles.